The number of amides is 1. The van der Waals surface area contributed by atoms with Crippen LogP contribution in [0.2, 0.25) is 0 Å². The van der Waals surface area contributed by atoms with E-state index in [0.717, 1.165) is 17.4 Å². The minimum Gasteiger partial charge on any atom is -0.336 e. The van der Waals surface area contributed by atoms with Gasteiger partial charge in [0.25, 0.3) is 0 Å². The Balaban J connectivity index is 2.13. The molecule has 1 atom stereocenters. The van der Waals surface area contributed by atoms with E-state index >= 15 is 0 Å². The third kappa shape index (κ3) is 2.90. The first-order valence-electron chi connectivity index (χ1n) is 6.08. The molecule has 1 aromatic carbocycles. The van der Waals surface area contributed by atoms with Crippen LogP contribution in [0.3, 0.4) is 0 Å². The number of benzene rings is 1. The van der Waals surface area contributed by atoms with Crippen LogP contribution in [-0.4, -0.2) is 29.9 Å². The van der Waals surface area contributed by atoms with Crippen LogP contribution in [0.5, 0.6) is 0 Å². The molecule has 5 heteroatoms. The van der Waals surface area contributed by atoms with E-state index in [0.29, 0.717) is 18.7 Å². The molecule has 0 radical (unpaired) electrons. The van der Waals surface area contributed by atoms with Gasteiger partial charge in [0.1, 0.15) is 5.82 Å². The smallest absolute Gasteiger partial charge is 0.240 e. The molecule has 1 aromatic rings. The van der Waals surface area contributed by atoms with Crippen LogP contribution in [0, 0.1) is 5.82 Å². The largest absolute Gasteiger partial charge is 0.336 e. The minimum absolute atomic E-state index is 0.0584. The molecule has 1 aliphatic rings. The fourth-order valence-electron chi connectivity index (χ4n) is 2.14. The van der Waals surface area contributed by atoms with Crippen LogP contribution in [0.25, 0.3) is 0 Å². The maximum absolute atomic E-state index is 13.7. The third-order valence-electron chi connectivity index (χ3n) is 3.16. The average Bonchev–Trinajstić information content (AvgIpc) is 2.36. The Hall–Kier alpha value is -0.940. The Kier molecular flexibility index (Phi) is 4.35. The van der Waals surface area contributed by atoms with Gasteiger partial charge in [-0.15, -0.1) is 0 Å². The molecule has 0 bridgehead atoms. The fourth-order valence-corrected chi connectivity index (χ4v) is 2.55. The van der Waals surface area contributed by atoms with E-state index in [-0.39, 0.29) is 17.8 Å². The Morgan fingerprint density at radius 2 is 2.33 bits per heavy atom. The second-order valence-electron chi connectivity index (χ2n) is 4.41. The van der Waals surface area contributed by atoms with Crippen molar-refractivity contribution in [2.24, 2.45) is 0 Å². The van der Waals surface area contributed by atoms with Crippen LogP contribution in [-0.2, 0) is 11.3 Å². The minimum atomic E-state index is -0.266. The van der Waals surface area contributed by atoms with Crippen molar-refractivity contribution in [3.63, 3.8) is 0 Å². The Morgan fingerprint density at radius 1 is 1.56 bits per heavy atom. The van der Waals surface area contributed by atoms with Crippen LogP contribution >= 0.6 is 15.9 Å². The maximum atomic E-state index is 13.7. The Morgan fingerprint density at radius 3 is 3.06 bits per heavy atom. The Labute approximate surface area is 114 Å². The quantitative estimate of drug-likeness (QED) is 0.928. The predicted molar refractivity (Wildman–Crippen MR) is 71.6 cm³/mol. The molecule has 1 amide bonds. The molecule has 18 heavy (non-hydrogen) atoms. The molecule has 0 aliphatic carbocycles. The highest BCUT2D eigenvalue weighted by Gasteiger charge is 2.27. The molecule has 1 heterocycles. The van der Waals surface area contributed by atoms with E-state index in [1.807, 2.05) is 6.92 Å². The summed E-state index contributed by atoms with van der Waals surface area (Å²) in [7, 11) is 0. The van der Waals surface area contributed by atoms with Gasteiger partial charge >= 0.3 is 0 Å². The highest BCUT2D eigenvalue weighted by atomic mass is 79.9. The lowest BCUT2D eigenvalue weighted by Gasteiger charge is -2.32. The molecule has 1 N–H and O–H groups in total. The standard InChI is InChI=1S/C13H16BrFN2O/c1-2-12-13(18)17(6-5-16-12)8-9-7-10(14)3-4-11(9)15/h3-4,7,12,16H,2,5-6,8H2,1H3. The van der Waals surface area contributed by atoms with Gasteiger partial charge in [-0.2, -0.15) is 0 Å². The molecule has 1 aliphatic heterocycles. The summed E-state index contributed by atoms with van der Waals surface area (Å²) < 4.78 is 14.5. The van der Waals surface area contributed by atoms with E-state index in [1.165, 1.54) is 6.07 Å². The van der Waals surface area contributed by atoms with E-state index in [4.69, 9.17) is 0 Å². The van der Waals surface area contributed by atoms with Gasteiger partial charge < -0.3 is 10.2 Å². The first-order chi connectivity index (χ1) is 8.61. The van der Waals surface area contributed by atoms with Gasteiger partial charge in [-0.05, 0) is 24.6 Å². The van der Waals surface area contributed by atoms with E-state index in [2.05, 4.69) is 21.2 Å². The van der Waals surface area contributed by atoms with Gasteiger partial charge in [0.2, 0.25) is 5.91 Å². The highest BCUT2D eigenvalue weighted by molar-refractivity contribution is 9.10. The second-order valence-corrected chi connectivity index (χ2v) is 5.33. The number of carbonyl (C=O) groups excluding carboxylic acids is 1. The number of hydrogen-bond acceptors (Lipinski definition) is 2. The first kappa shape index (κ1) is 13.5. The van der Waals surface area contributed by atoms with E-state index < -0.39 is 0 Å². The van der Waals surface area contributed by atoms with Crippen LogP contribution in [0.1, 0.15) is 18.9 Å². The van der Waals surface area contributed by atoms with Crippen molar-refractivity contribution < 1.29 is 9.18 Å². The van der Waals surface area contributed by atoms with Crippen LogP contribution in [0.15, 0.2) is 22.7 Å². The first-order valence-corrected chi connectivity index (χ1v) is 6.87. The van der Waals surface area contributed by atoms with Crippen LogP contribution in [0.4, 0.5) is 4.39 Å². The van der Waals surface area contributed by atoms with Crippen molar-refractivity contribution in [1.82, 2.24) is 10.2 Å². The summed E-state index contributed by atoms with van der Waals surface area (Å²) in [5.41, 5.74) is 0.550. The third-order valence-corrected chi connectivity index (χ3v) is 3.65. The van der Waals surface area contributed by atoms with Gasteiger partial charge in [0.05, 0.1) is 6.04 Å². The lowest BCUT2D eigenvalue weighted by atomic mass is 10.1. The normalized spacial score (nSPS) is 20.3. The zero-order chi connectivity index (χ0) is 13.1. The SMILES string of the molecule is CCC1NCCN(Cc2cc(Br)ccc2F)C1=O. The molecular formula is C13H16BrFN2O. The Bertz CT molecular complexity index is 453. The molecule has 1 fully saturated rings. The van der Waals surface area contributed by atoms with Crippen molar-refractivity contribution in [3.05, 3.63) is 34.1 Å². The average molecular weight is 315 g/mol. The molecular weight excluding hydrogens is 299 g/mol. The van der Waals surface area contributed by atoms with Gasteiger partial charge in [-0.25, -0.2) is 4.39 Å². The van der Waals surface area contributed by atoms with E-state index in [9.17, 15) is 9.18 Å². The van der Waals surface area contributed by atoms with Crippen molar-refractivity contribution >= 4 is 21.8 Å². The number of hydrogen-bond donors (Lipinski definition) is 1. The molecule has 0 saturated carbocycles. The fraction of sp³-hybridized carbons (Fsp3) is 0.462. The lowest BCUT2D eigenvalue weighted by molar-refractivity contribution is -0.136. The number of piperazine rings is 1. The summed E-state index contributed by atoms with van der Waals surface area (Å²) in [5.74, 6) is -0.208. The van der Waals surface area contributed by atoms with Crippen molar-refractivity contribution in [1.29, 1.82) is 0 Å². The molecule has 3 nitrogen and oxygen atoms in total. The molecule has 98 valence electrons. The zero-order valence-electron chi connectivity index (χ0n) is 10.2. The summed E-state index contributed by atoms with van der Waals surface area (Å²) >= 11 is 3.32. The van der Waals surface area contributed by atoms with E-state index in [1.54, 1.807) is 17.0 Å². The monoisotopic (exact) mass is 314 g/mol. The summed E-state index contributed by atoms with van der Waals surface area (Å²) in [6, 6.07) is 4.68. The van der Waals surface area contributed by atoms with Gasteiger partial charge in [0, 0.05) is 29.7 Å². The van der Waals surface area contributed by atoms with Gasteiger partial charge in [-0.3, -0.25) is 4.79 Å². The summed E-state index contributed by atoms with van der Waals surface area (Å²) in [5, 5.41) is 3.17. The van der Waals surface area contributed by atoms with Crippen LogP contribution < -0.4 is 5.32 Å². The molecule has 0 aromatic heterocycles. The molecule has 2 rings (SSSR count). The highest BCUT2D eigenvalue weighted by Crippen LogP contribution is 2.18. The van der Waals surface area contributed by atoms with Gasteiger partial charge in [0.15, 0.2) is 0 Å². The maximum Gasteiger partial charge on any atom is 0.240 e. The second kappa shape index (κ2) is 5.80. The number of nitrogens with zero attached hydrogens (tertiary/aromatic N) is 1. The summed E-state index contributed by atoms with van der Waals surface area (Å²) in [6.45, 7) is 3.70. The summed E-state index contributed by atoms with van der Waals surface area (Å²) in [6.07, 6.45) is 0.760. The predicted octanol–water partition coefficient (Wildman–Crippen LogP) is 2.30. The number of halogens is 2. The number of carbonyl (C=O) groups is 1. The van der Waals surface area contributed by atoms with Crippen molar-refractivity contribution in [3.8, 4) is 0 Å². The van der Waals surface area contributed by atoms with Crippen molar-refractivity contribution in [2.75, 3.05) is 13.1 Å². The van der Waals surface area contributed by atoms with Gasteiger partial charge in [-0.1, -0.05) is 22.9 Å². The summed E-state index contributed by atoms with van der Waals surface area (Å²) in [4.78, 5) is 13.8. The number of rotatable bonds is 3. The lowest BCUT2D eigenvalue weighted by Crippen LogP contribution is -2.54. The van der Waals surface area contributed by atoms with Crippen molar-refractivity contribution in [2.45, 2.75) is 25.9 Å². The zero-order valence-corrected chi connectivity index (χ0v) is 11.8. The number of nitrogens with one attached hydrogen (secondary N) is 1. The molecule has 0 spiro atoms. The topological polar surface area (TPSA) is 32.3 Å². The molecule has 1 unspecified atom stereocenters. The molecule has 1 saturated heterocycles.